The summed E-state index contributed by atoms with van der Waals surface area (Å²) in [5.41, 5.74) is -3.04. The van der Waals surface area contributed by atoms with Crippen LogP contribution in [-0.4, -0.2) is 31.2 Å². The lowest BCUT2D eigenvalue weighted by molar-refractivity contribution is -0.143. The van der Waals surface area contributed by atoms with E-state index in [0.29, 0.717) is 43.7 Å². The molecule has 3 atom stereocenters. The summed E-state index contributed by atoms with van der Waals surface area (Å²) in [5, 5.41) is 6.01. The Kier molecular flexibility index (Phi) is 9.39. The van der Waals surface area contributed by atoms with Crippen molar-refractivity contribution in [3.8, 4) is 0 Å². The van der Waals surface area contributed by atoms with Gasteiger partial charge in [0.15, 0.2) is 0 Å². The van der Waals surface area contributed by atoms with Crippen molar-refractivity contribution < 1.29 is 35.9 Å². The average molecular weight is 468 g/mol. The molecule has 1 aromatic carbocycles. The smallest absolute Gasteiger partial charge is 0.381 e. The Balaban J connectivity index is 1.93. The van der Waals surface area contributed by atoms with Crippen molar-refractivity contribution in [2.24, 2.45) is 5.92 Å². The second kappa shape index (κ2) is 11.4. The van der Waals surface area contributed by atoms with E-state index in [-0.39, 0.29) is 24.1 Å². The number of hydrogen-bond donors (Lipinski definition) is 2. The van der Waals surface area contributed by atoms with Gasteiger partial charge in [-0.1, -0.05) is 13.8 Å². The molecular formula is C22H30F6N2O2. The zero-order valence-corrected chi connectivity index (χ0v) is 18.2. The van der Waals surface area contributed by atoms with Crippen LogP contribution >= 0.6 is 0 Å². The molecule has 0 aromatic heterocycles. The van der Waals surface area contributed by atoms with E-state index in [1.807, 2.05) is 6.92 Å². The van der Waals surface area contributed by atoms with Gasteiger partial charge in [0, 0.05) is 31.7 Å². The van der Waals surface area contributed by atoms with Crippen LogP contribution in [0.15, 0.2) is 18.2 Å². The molecule has 0 aliphatic carbocycles. The molecule has 1 aliphatic rings. The molecule has 1 heterocycles. The molecule has 4 nitrogen and oxygen atoms in total. The molecule has 2 unspecified atom stereocenters. The van der Waals surface area contributed by atoms with Gasteiger partial charge >= 0.3 is 12.4 Å². The molecule has 2 rings (SSSR count). The normalized spacial score (nSPS) is 20.8. The van der Waals surface area contributed by atoms with Crippen LogP contribution in [0.2, 0.25) is 0 Å². The van der Waals surface area contributed by atoms with Gasteiger partial charge in [-0.2, -0.15) is 26.3 Å². The van der Waals surface area contributed by atoms with E-state index < -0.39 is 35.9 Å². The number of rotatable bonds is 9. The molecule has 0 spiro atoms. The van der Waals surface area contributed by atoms with Crippen LogP contribution < -0.4 is 10.6 Å². The minimum Gasteiger partial charge on any atom is -0.381 e. The highest BCUT2D eigenvalue weighted by molar-refractivity contribution is 5.75. The Morgan fingerprint density at radius 2 is 1.72 bits per heavy atom. The average Bonchev–Trinajstić information content (AvgIpc) is 2.74. The number of benzene rings is 1. The van der Waals surface area contributed by atoms with Crippen LogP contribution in [0.25, 0.3) is 0 Å². The number of hydrogen-bond acceptors (Lipinski definition) is 3. The molecule has 1 saturated heterocycles. The quantitative estimate of drug-likeness (QED) is 0.484. The third-order valence-electron chi connectivity index (χ3n) is 5.80. The summed E-state index contributed by atoms with van der Waals surface area (Å²) in [7, 11) is 0. The molecule has 2 N–H and O–H groups in total. The van der Waals surface area contributed by atoms with E-state index in [1.54, 1.807) is 0 Å². The Hall–Kier alpha value is -1.81. The summed E-state index contributed by atoms with van der Waals surface area (Å²) in [5.74, 6) is -0.0226. The van der Waals surface area contributed by atoms with E-state index in [1.165, 1.54) is 0 Å². The summed E-state index contributed by atoms with van der Waals surface area (Å²) in [4.78, 5) is 12.2. The molecule has 0 bridgehead atoms. The van der Waals surface area contributed by atoms with Crippen LogP contribution in [0.5, 0.6) is 0 Å². The second-order valence-corrected chi connectivity index (χ2v) is 8.14. The summed E-state index contributed by atoms with van der Waals surface area (Å²) in [6.07, 6.45) is -6.53. The third-order valence-corrected chi connectivity index (χ3v) is 5.80. The van der Waals surface area contributed by atoms with Gasteiger partial charge in [-0.3, -0.25) is 4.79 Å². The van der Waals surface area contributed by atoms with E-state index in [0.717, 1.165) is 19.3 Å². The number of alkyl halides is 6. The van der Waals surface area contributed by atoms with Gasteiger partial charge in [0.1, 0.15) is 0 Å². The van der Waals surface area contributed by atoms with Crippen LogP contribution in [0, 0.1) is 5.92 Å². The maximum atomic E-state index is 13.0. The zero-order valence-electron chi connectivity index (χ0n) is 18.2. The van der Waals surface area contributed by atoms with Gasteiger partial charge in [-0.05, 0) is 55.4 Å². The van der Waals surface area contributed by atoms with Crippen LogP contribution in [0.1, 0.15) is 62.6 Å². The van der Waals surface area contributed by atoms with Crippen LogP contribution in [0.3, 0.4) is 0 Å². The van der Waals surface area contributed by atoms with Crippen molar-refractivity contribution >= 4 is 5.91 Å². The number of ether oxygens (including phenoxy) is 1. The molecule has 1 aromatic rings. The zero-order chi connectivity index (χ0) is 23.9. The lowest BCUT2D eigenvalue weighted by Crippen LogP contribution is -2.47. The van der Waals surface area contributed by atoms with Crippen molar-refractivity contribution in [2.45, 2.75) is 76.9 Å². The minimum atomic E-state index is -4.92. The maximum absolute atomic E-state index is 13.0. The highest BCUT2D eigenvalue weighted by Gasteiger charge is 2.36. The molecule has 10 heteroatoms. The molecule has 0 saturated carbocycles. The van der Waals surface area contributed by atoms with Crippen molar-refractivity contribution in [3.63, 3.8) is 0 Å². The van der Waals surface area contributed by atoms with Gasteiger partial charge in [0.2, 0.25) is 5.91 Å². The third kappa shape index (κ3) is 7.95. The predicted octanol–water partition coefficient (Wildman–Crippen LogP) is 5.30. The lowest BCUT2D eigenvalue weighted by Gasteiger charge is -2.34. The van der Waals surface area contributed by atoms with E-state index in [2.05, 4.69) is 17.6 Å². The summed E-state index contributed by atoms with van der Waals surface area (Å²) >= 11 is 0. The Labute approximate surface area is 184 Å². The molecule has 1 amide bonds. The Bertz CT molecular complexity index is 719. The number of amides is 1. The summed E-state index contributed by atoms with van der Waals surface area (Å²) in [6.45, 7) is 5.06. The van der Waals surface area contributed by atoms with Crippen molar-refractivity contribution in [1.29, 1.82) is 0 Å². The van der Waals surface area contributed by atoms with E-state index >= 15 is 0 Å². The van der Waals surface area contributed by atoms with Gasteiger partial charge < -0.3 is 15.4 Å². The van der Waals surface area contributed by atoms with Crippen LogP contribution in [-0.2, 0) is 28.4 Å². The fourth-order valence-electron chi connectivity index (χ4n) is 3.84. The topological polar surface area (TPSA) is 50.4 Å². The number of halogens is 6. The molecule has 182 valence electrons. The van der Waals surface area contributed by atoms with E-state index in [9.17, 15) is 31.1 Å². The molecule has 1 fully saturated rings. The predicted molar refractivity (Wildman–Crippen MR) is 108 cm³/mol. The van der Waals surface area contributed by atoms with Crippen molar-refractivity contribution in [3.05, 3.63) is 34.9 Å². The largest absolute Gasteiger partial charge is 0.416 e. The van der Waals surface area contributed by atoms with Gasteiger partial charge in [0.25, 0.3) is 0 Å². The monoisotopic (exact) mass is 468 g/mol. The highest BCUT2D eigenvalue weighted by Crippen LogP contribution is 2.36. The van der Waals surface area contributed by atoms with Gasteiger partial charge in [0.05, 0.1) is 17.7 Å². The summed E-state index contributed by atoms with van der Waals surface area (Å²) < 4.78 is 83.3. The first-order chi connectivity index (χ1) is 14.9. The van der Waals surface area contributed by atoms with Crippen molar-refractivity contribution in [1.82, 2.24) is 10.6 Å². The lowest BCUT2D eigenvalue weighted by atomic mass is 9.92. The fraction of sp³-hybridized carbons (Fsp3) is 0.682. The first-order valence-corrected chi connectivity index (χ1v) is 10.8. The minimum absolute atomic E-state index is 0.0721. The first kappa shape index (κ1) is 26.4. The maximum Gasteiger partial charge on any atom is 0.416 e. The number of carbonyl (C=O) groups excluding carboxylic acids is 1. The second-order valence-electron chi connectivity index (χ2n) is 8.14. The van der Waals surface area contributed by atoms with Gasteiger partial charge in [-0.25, -0.2) is 0 Å². The Morgan fingerprint density at radius 1 is 1.09 bits per heavy atom. The van der Waals surface area contributed by atoms with Crippen LogP contribution in [0.4, 0.5) is 26.3 Å². The molecular weight excluding hydrogens is 438 g/mol. The SMILES string of the molecule is CCC1COCCC1N[C@H](CC)CCC(=O)NCc1cc(C(F)(F)F)cc(C(F)(F)F)c1. The Morgan fingerprint density at radius 3 is 2.25 bits per heavy atom. The van der Waals surface area contributed by atoms with Gasteiger partial charge in [-0.15, -0.1) is 0 Å². The standard InChI is InChI=1S/C22H30F6N2O2/c1-3-15-13-32-8-7-19(15)30-18(4-2)5-6-20(31)29-12-14-9-16(21(23,24)25)11-17(10-14)22(26,27)28/h9-11,15,18-19,30H,3-8,12-13H2,1-2H3,(H,29,31)/t15?,18-,19?/m1/s1. The highest BCUT2D eigenvalue weighted by atomic mass is 19.4. The first-order valence-electron chi connectivity index (χ1n) is 10.8. The molecule has 1 aliphatic heterocycles. The number of carbonyl (C=O) groups is 1. The molecule has 32 heavy (non-hydrogen) atoms. The fourth-order valence-corrected chi connectivity index (χ4v) is 3.84. The summed E-state index contributed by atoms with van der Waals surface area (Å²) in [6, 6.07) is 1.71. The van der Waals surface area contributed by atoms with E-state index in [4.69, 9.17) is 4.74 Å². The molecule has 0 radical (unpaired) electrons. The van der Waals surface area contributed by atoms with Crippen molar-refractivity contribution in [2.75, 3.05) is 13.2 Å². The number of nitrogens with one attached hydrogen (secondary N) is 2.